The molecule has 0 radical (unpaired) electrons. The number of carbonyl (C=O) groups is 2. The van der Waals surface area contributed by atoms with Crippen LogP contribution in [0.4, 0.5) is 0 Å². The van der Waals surface area contributed by atoms with E-state index in [1.165, 1.54) is 5.56 Å². The average Bonchev–Trinajstić information content (AvgIpc) is 3.43. The maximum Gasteiger partial charge on any atom is 0.226 e. The van der Waals surface area contributed by atoms with E-state index in [0.29, 0.717) is 24.9 Å². The summed E-state index contributed by atoms with van der Waals surface area (Å²) in [5.74, 6) is 1.16. The smallest absolute Gasteiger partial charge is 0.226 e. The standard InChI is InChI=1S/C22H30N2O3/c1-27-13-5-10-24-16-22(15-20(24)25)8-11-23(12-9-22)21(26)19-14-18(19)17-6-3-2-4-7-17/h2-4,6-7,18-19H,5,8-16H2,1H3. The van der Waals surface area contributed by atoms with E-state index in [1.807, 2.05) is 11.0 Å². The molecule has 1 aromatic carbocycles. The molecule has 2 saturated heterocycles. The Labute approximate surface area is 161 Å². The third kappa shape index (κ3) is 3.88. The Morgan fingerprint density at radius 2 is 1.96 bits per heavy atom. The van der Waals surface area contributed by atoms with Crippen molar-refractivity contribution >= 4 is 11.8 Å². The van der Waals surface area contributed by atoms with Crippen molar-refractivity contribution < 1.29 is 14.3 Å². The van der Waals surface area contributed by atoms with Gasteiger partial charge in [-0.05, 0) is 37.2 Å². The summed E-state index contributed by atoms with van der Waals surface area (Å²) in [6.07, 6.45) is 4.43. The maximum absolute atomic E-state index is 12.9. The molecule has 2 amide bonds. The number of carbonyl (C=O) groups excluding carboxylic acids is 2. The molecule has 1 aromatic rings. The lowest BCUT2D eigenvalue weighted by Crippen LogP contribution is -2.45. The van der Waals surface area contributed by atoms with Crippen LogP contribution in [-0.2, 0) is 14.3 Å². The lowest BCUT2D eigenvalue weighted by Gasteiger charge is -2.39. The molecule has 0 aromatic heterocycles. The van der Waals surface area contributed by atoms with Gasteiger partial charge in [0.1, 0.15) is 0 Å². The zero-order valence-electron chi connectivity index (χ0n) is 16.2. The number of ether oxygens (including phenoxy) is 1. The Morgan fingerprint density at radius 1 is 1.22 bits per heavy atom. The zero-order valence-corrected chi connectivity index (χ0v) is 16.2. The van der Waals surface area contributed by atoms with Crippen LogP contribution in [0.25, 0.3) is 0 Å². The fourth-order valence-electron chi connectivity index (χ4n) is 4.89. The molecule has 3 fully saturated rings. The second-order valence-corrected chi connectivity index (χ2v) is 8.52. The van der Waals surface area contributed by atoms with E-state index in [4.69, 9.17) is 4.74 Å². The second-order valence-electron chi connectivity index (χ2n) is 8.52. The number of methoxy groups -OCH3 is 1. The number of nitrogens with zero attached hydrogens (tertiary/aromatic N) is 2. The van der Waals surface area contributed by atoms with E-state index in [1.54, 1.807) is 7.11 Å². The molecule has 3 aliphatic rings. The maximum atomic E-state index is 12.9. The number of hydrogen-bond donors (Lipinski definition) is 0. The molecule has 2 atom stereocenters. The molecule has 5 heteroatoms. The Balaban J connectivity index is 1.28. The molecule has 0 bridgehead atoms. The number of amides is 2. The van der Waals surface area contributed by atoms with E-state index in [2.05, 4.69) is 29.2 Å². The van der Waals surface area contributed by atoms with Crippen molar-refractivity contribution in [2.45, 2.75) is 38.0 Å². The molecular formula is C22H30N2O3. The summed E-state index contributed by atoms with van der Waals surface area (Å²) in [5.41, 5.74) is 1.38. The Bertz CT molecular complexity index is 682. The Hall–Kier alpha value is -1.88. The van der Waals surface area contributed by atoms with Crippen molar-refractivity contribution in [3.8, 4) is 0 Å². The highest BCUT2D eigenvalue weighted by molar-refractivity contribution is 5.83. The number of likely N-dealkylation sites (tertiary alicyclic amines) is 2. The fraction of sp³-hybridized carbons (Fsp3) is 0.636. The van der Waals surface area contributed by atoms with Crippen LogP contribution in [0.3, 0.4) is 0 Å². The van der Waals surface area contributed by atoms with E-state index >= 15 is 0 Å². The first-order valence-electron chi connectivity index (χ1n) is 10.2. The molecule has 0 N–H and O–H groups in total. The lowest BCUT2D eigenvalue weighted by molar-refractivity contribution is -0.134. The summed E-state index contributed by atoms with van der Waals surface area (Å²) >= 11 is 0. The highest BCUT2D eigenvalue weighted by atomic mass is 16.5. The second kappa shape index (κ2) is 7.63. The molecule has 1 spiro atoms. The zero-order chi connectivity index (χ0) is 18.9. The first-order chi connectivity index (χ1) is 13.1. The number of hydrogen-bond acceptors (Lipinski definition) is 3. The van der Waals surface area contributed by atoms with Gasteiger partial charge >= 0.3 is 0 Å². The minimum absolute atomic E-state index is 0.0866. The summed E-state index contributed by atoms with van der Waals surface area (Å²) in [6, 6.07) is 10.4. The minimum atomic E-state index is 0.0866. The normalized spacial score (nSPS) is 26.6. The van der Waals surface area contributed by atoms with Crippen LogP contribution in [0.1, 0.15) is 43.6 Å². The first-order valence-corrected chi connectivity index (χ1v) is 10.2. The molecule has 1 saturated carbocycles. The van der Waals surface area contributed by atoms with E-state index < -0.39 is 0 Å². The summed E-state index contributed by atoms with van der Waals surface area (Å²) in [7, 11) is 1.70. The van der Waals surface area contributed by atoms with E-state index in [-0.39, 0.29) is 17.2 Å². The Morgan fingerprint density at radius 3 is 2.67 bits per heavy atom. The Kier molecular flexibility index (Phi) is 5.22. The van der Waals surface area contributed by atoms with Gasteiger partial charge in [0.2, 0.25) is 11.8 Å². The summed E-state index contributed by atoms with van der Waals surface area (Å²) in [6.45, 7) is 3.95. The topological polar surface area (TPSA) is 49.9 Å². The van der Waals surface area contributed by atoms with Crippen molar-refractivity contribution in [3.05, 3.63) is 35.9 Å². The van der Waals surface area contributed by atoms with E-state index in [9.17, 15) is 9.59 Å². The molecule has 2 heterocycles. The third-order valence-corrected chi connectivity index (χ3v) is 6.65. The average molecular weight is 370 g/mol. The van der Waals surface area contributed by atoms with Gasteiger partial charge in [0, 0.05) is 57.6 Å². The van der Waals surface area contributed by atoms with Gasteiger partial charge in [-0.3, -0.25) is 9.59 Å². The molecule has 1 aliphatic carbocycles. The monoisotopic (exact) mass is 370 g/mol. The molecule has 4 rings (SSSR count). The molecule has 146 valence electrons. The highest BCUT2D eigenvalue weighted by Gasteiger charge is 2.49. The number of rotatable bonds is 6. The quantitative estimate of drug-likeness (QED) is 0.724. The van der Waals surface area contributed by atoms with Gasteiger partial charge in [-0.1, -0.05) is 30.3 Å². The highest BCUT2D eigenvalue weighted by Crippen LogP contribution is 2.49. The first kappa shape index (κ1) is 18.5. The van der Waals surface area contributed by atoms with Crippen LogP contribution in [0.15, 0.2) is 30.3 Å². The SMILES string of the molecule is COCCCN1CC2(CCN(C(=O)C3CC3c3ccccc3)CC2)CC1=O. The van der Waals surface area contributed by atoms with Crippen LogP contribution in [0, 0.1) is 11.3 Å². The van der Waals surface area contributed by atoms with Crippen molar-refractivity contribution in [1.29, 1.82) is 0 Å². The van der Waals surface area contributed by atoms with Gasteiger partial charge < -0.3 is 14.5 Å². The lowest BCUT2D eigenvalue weighted by atomic mass is 9.77. The molecule has 2 aliphatic heterocycles. The predicted molar refractivity (Wildman–Crippen MR) is 103 cm³/mol. The summed E-state index contributed by atoms with van der Waals surface area (Å²) in [4.78, 5) is 29.3. The fourth-order valence-corrected chi connectivity index (χ4v) is 4.89. The molecule has 2 unspecified atom stereocenters. The van der Waals surface area contributed by atoms with E-state index in [0.717, 1.165) is 51.9 Å². The van der Waals surface area contributed by atoms with Gasteiger partial charge in [0.05, 0.1) is 0 Å². The number of piperidine rings is 1. The predicted octanol–water partition coefficient (Wildman–Crippen LogP) is 2.67. The van der Waals surface area contributed by atoms with Crippen molar-refractivity contribution in [1.82, 2.24) is 9.80 Å². The minimum Gasteiger partial charge on any atom is -0.385 e. The number of benzene rings is 1. The van der Waals surface area contributed by atoms with Gasteiger partial charge in [0.15, 0.2) is 0 Å². The third-order valence-electron chi connectivity index (χ3n) is 6.65. The van der Waals surface area contributed by atoms with Gasteiger partial charge in [0.25, 0.3) is 0 Å². The largest absolute Gasteiger partial charge is 0.385 e. The molecule has 27 heavy (non-hydrogen) atoms. The van der Waals surface area contributed by atoms with Gasteiger partial charge in [-0.15, -0.1) is 0 Å². The van der Waals surface area contributed by atoms with Crippen LogP contribution < -0.4 is 0 Å². The van der Waals surface area contributed by atoms with Crippen LogP contribution in [0.5, 0.6) is 0 Å². The van der Waals surface area contributed by atoms with Crippen LogP contribution in [0.2, 0.25) is 0 Å². The van der Waals surface area contributed by atoms with Crippen molar-refractivity contribution in [2.75, 3.05) is 39.9 Å². The summed E-state index contributed by atoms with van der Waals surface area (Å²) in [5, 5.41) is 0. The van der Waals surface area contributed by atoms with Crippen molar-refractivity contribution in [2.24, 2.45) is 11.3 Å². The van der Waals surface area contributed by atoms with Gasteiger partial charge in [-0.2, -0.15) is 0 Å². The van der Waals surface area contributed by atoms with Crippen molar-refractivity contribution in [3.63, 3.8) is 0 Å². The summed E-state index contributed by atoms with van der Waals surface area (Å²) < 4.78 is 5.10. The van der Waals surface area contributed by atoms with Gasteiger partial charge in [-0.25, -0.2) is 0 Å². The van der Waals surface area contributed by atoms with Crippen LogP contribution >= 0.6 is 0 Å². The van der Waals surface area contributed by atoms with Crippen LogP contribution in [-0.4, -0.2) is 61.5 Å². The molecular weight excluding hydrogens is 340 g/mol. The molecule has 5 nitrogen and oxygen atoms in total.